The second-order valence-electron chi connectivity index (χ2n) is 6.10. The number of hydrogen-bond acceptors (Lipinski definition) is 4. The number of anilines is 1. The first-order chi connectivity index (χ1) is 10.6. The molecule has 1 heterocycles. The summed E-state index contributed by atoms with van der Waals surface area (Å²) in [6.07, 6.45) is 5.88. The number of fused-ring (bicyclic) bond motifs is 1. The molecule has 4 aliphatic rings. The minimum atomic E-state index is -0.551. The highest BCUT2D eigenvalue weighted by atomic mass is 16.6. The third-order valence-electron chi connectivity index (χ3n) is 5.08. The fourth-order valence-corrected chi connectivity index (χ4v) is 4.12. The molecule has 22 heavy (non-hydrogen) atoms. The first-order valence-electron chi connectivity index (χ1n) is 7.39. The summed E-state index contributed by atoms with van der Waals surface area (Å²) < 4.78 is 0. The lowest BCUT2D eigenvalue weighted by atomic mass is 9.63. The van der Waals surface area contributed by atoms with Crippen LogP contribution >= 0.6 is 0 Å². The summed E-state index contributed by atoms with van der Waals surface area (Å²) in [5.41, 5.74) is -0.112. The monoisotopic (exact) mass is 298 g/mol. The number of hydrogen-bond donors (Lipinski definition) is 0. The molecule has 3 aliphatic carbocycles. The lowest BCUT2D eigenvalue weighted by Crippen LogP contribution is -2.38. The lowest BCUT2D eigenvalue weighted by Gasteiger charge is -2.38. The molecule has 5 rings (SSSR count). The molecule has 6 nitrogen and oxygen atoms in total. The van der Waals surface area contributed by atoms with E-state index in [9.17, 15) is 19.7 Å². The number of carbonyl (C=O) groups is 2. The van der Waals surface area contributed by atoms with Crippen molar-refractivity contribution in [2.24, 2.45) is 23.7 Å². The van der Waals surface area contributed by atoms with Crippen LogP contribution in [0.3, 0.4) is 0 Å². The number of nitro benzene ring substituents is 1. The van der Waals surface area contributed by atoms with Crippen LogP contribution in [-0.4, -0.2) is 16.7 Å². The molecule has 4 atom stereocenters. The van der Waals surface area contributed by atoms with Crippen LogP contribution in [0.2, 0.25) is 0 Å². The van der Waals surface area contributed by atoms with Gasteiger partial charge in [0.25, 0.3) is 5.69 Å². The normalized spacial score (nSPS) is 32.5. The molecule has 2 bridgehead atoms. The van der Waals surface area contributed by atoms with Crippen molar-refractivity contribution < 1.29 is 14.5 Å². The Morgan fingerprint density at radius 1 is 1.00 bits per heavy atom. The van der Waals surface area contributed by atoms with E-state index in [0.717, 1.165) is 17.7 Å². The van der Waals surface area contributed by atoms with Crippen LogP contribution < -0.4 is 4.90 Å². The van der Waals surface area contributed by atoms with Gasteiger partial charge in [-0.25, -0.2) is 4.90 Å². The molecule has 0 spiro atoms. The summed E-state index contributed by atoms with van der Waals surface area (Å²) >= 11 is 0. The Kier molecular flexibility index (Phi) is 2.69. The van der Waals surface area contributed by atoms with E-state index >= 15 is 0 Å². The first-order valence-corrected chi connectivity index (χ1v) is 7.39. The molecular weight excluding hydrogens is 284 g/mol. The maximum atomic E-state index is 12.8. The van der Waals surface area contributed by atoms with Crippen molar-refractivity contribution in [3.8, 4) is 0 Å². The van der Waals surface area contributed by atoms with Crippen molar-refractivity contribution in [2.45, 2.75) is 12.8 Å². The van der Waals surface area contributed by atoms with Crippen LogP contribution in [0.4, 0.5) is 11.4 Å². The number of nitro groups is 1. The van der Waals surface area contributed by atoms with Crippen molar-refractivity contribution in [2.75, 3.05) is 4.90 Å². The minimum Gasteiger partial charge on any atom is -0.274 e. The van der Waals surface area contributed by atoms with Gasteiger partial charge in [0.1, 0.15) is 5.69 Å². The Bertz CT molecular complexity index is 695. The topological polar surface area (TPSA) is 80.5 Å². The maximum absolute atomic E-state index is 12.8. The van der Waals surface area contributed by atoms with Crippen LogP contribution in [-0.2, 0) is 9.59 Å². The molecule has 1 aromatic carbocycles. The first kappa shape index (κ1) is 13.2. The van der Waals surface area contributed by atoms with Crippen molar-refractivity contribution in [3.63, 3.8) is 0 Å². The Morgan fingerprint density at radius 2 is 1.55 bits per heavy atom. The van der Waals surface area contributed by atoms with Gasteiger partial charge in [0.2, 0.25) is 11.8 Å². The van der Waals surface area contributed by atoms with E-state index in [1.165, 1.54) is 18.2 Å². The molecule has 0 unspecified atom stereocenters. The molecule has 0 aromatic heterocycles. The predicted molar refractivity (Wildman–Crippen MR) is 77.9 cm³/mol. The molecule has 0 radical (unpaired) electrons. The molecule has 0 N–H and O–H groups in total. The van der Waals surface area contributed by atoms with Crippen LogP contribution in [0.1, 0.15) is 12.8 Å². The van der Waals surface area contributed by atoms with Gasteiger partial charge in [-0.1, -0.05) is 24.3 Å². The zero-order valence-electron chi connectivity index (χ0n) is 11.7. The van der Waals surface area contributed by atoms with Crippen molar-refractivity contribution in [1.82, 2.24) is 0 Å². The van der Waals surface area contributed by atoms with Crippen LogP contribution in [0, 0.1) is 33.8 Å². The molecule has 112 valence electrons. The summed E-state index contributed by atoms with van der Waals surface area (Å²) in [6, 6.07) is 5.94. The van der Waals surface area contributed by atoms with Crippen LogP contribution in [0.15, 0.2) is 36.4 Å². The largest absolute Gasteiger partial charge is 0.293 e. The molecular formula is C16H14N2O4. The molecule has 1 aliphatic heterocycles. The van der Waals surface area contributed by atoms with Crippen molar-refractivity contribution in [3.05, 3.63) is 46.5 Å². The van der Waals surface area contributed by atoms with Gasteiger partial charge < -0.3 is 0 Å². The fourth-order valence-electron chi connectivity index (χ4n) is 4.12. The summed E-state index contributed by atoms with van der Waals surface area (Å²) in [6.45, 7) is 0. The maximum Gasteiger partial charge on any atom is 0.293 e. The zero-order valence-corrected chi connectivity index (χ0v) is 11.7. The van der Waals surface area contributed by atoms with E-state index < -0.39 is 4.92 Å². The third kappa shape index (κ3) is 1.60. The average Bonchev–Trinajstić information content (AvgIpc) is 2.82. The van der Waals surface area contributed by atoms with Crippen molar-refractivity contribution >= 4 is 23.2 Å². The Balaban J connectivity index is 1.81. The van der Waals surface area contributed by atoms with Gasteiger partial charge in [-0.05, 0) is 30.7 Å². The smallest absolute Gasteiger partial charge is 0.274 e. The van der Waals surface area contributed by atoms with Gasteiger partial charge >= 0.3 is 0 Å². The number of nitrogens with zero attached hydrogens (tertiary/aromatic N) is 2. The summed E-state index contributed by atoms with van der Waals surface area (Å²) in [7, 11) is 0. The molecule has 2 fully saturated rings. The van der Waals surface area contributed by atoms with Gasteiger partial charge in [0.05, 0.1) is 16.8 Å². The van der Waals surface area contributed by atoms with Gasteiger partial charge in [-0.2, -0.15) is 0 Å². The number of rotatable bonds is 2. The van der Waals surface area contributed by atoms with E-state index in [0.29, 0.717) is 0 Å². The van der Waals surface area contributed by atoms with E-state index in [-0.39, 0.29) is 46.9 Å². The van der Waals surface area contributed by atoms with E-state index in [1.807, 2.05) is 12.2 Å². The van der Waals surface area contributed by atoms with Gasteiger partial charge in [-0.15, -0.1) is 0 Å². The minimum absolute atomic E-state index is 0.0826. The highest BCUT2D eigenvalue weighted by molar-refractivity contribution is 6.23. The van der Waals surface area contributed by atoms with E-state index in [2.05, 4.69) is 0 Å². The highest BCUT2D eigenvalue weighted by Gasteiger charge is 2.57. The van der Waals surface area contributed by atoms with Gasteiger partial charge in [-0.3, -0.25) is 19.7 Å². The zero-order chi connectivity index (χ0) is 15.4. The predicted octanol–water partition coefficient (Wildman–Crippen LogP) is 2.30. The third-order valence-corrected chi connectivity index (χ3v) is 5.08. The number of para-hydroxylation sites is 2. The second kappa shape index (κ2) is 4.50. The SMILES string of the molecule is O=C1[C@@H]2[C@H](C(=O)N1c1ccccc1[N+](=O)[O-])[C@@H]1C=C[C@H]2CC1. The quantitative estimate of drug-likeness (QED) is 0.363. The Hall–Kier alpha value is -2.50. The molecule has 1 saturated carbocycles. The standard InChI is InChI=1S/C16H14N2O4/c19-15-13-9-5-6-10(8-7-9)14(13)16(20)17(15)11-3-1-2-4-12(11)18(21)22/h1-6,9-10,13-14H,7-8H2/t9-,10+,13-,14+. The van der Waals surface area contributed by atoms with E-state index in [1.54, 1.807) is 6.07 Å². The fraction of sp³-hybridized carbons (Fsp3) is 0.375. The number of imide groups is 1. The number of benzene rings is 1. The summed E-state index contributed by atoms with van der Waals surface area (Å²) in [5.74, 6) is -1.11. The number of carbonyl (C=O) groups excluding carboxylic acids is 2. The average molecular weight is 298 g/mol. The van der Waals surface area contributed by atoms with Crippen LogP contribution in [0.5, 0.6) is 0 Å². The molecule has 1 aromatic rings. The Morgan fingerprint density at radius 3 is 2.05 bits per heavy atom. The molecule has 2 amide bonds. The summed E-state index contributed by atoms with van der Waals surface area (Å²) in [4.78, 5) is 37.2. The number of amides is 2. The summed E-state index contributed by atoms with van der Waals surface area (Å²) in [5, 5.41) is 11.2. The van der Waals surface area contributed by atoms with E-state index in [4.69, 9.17) is 0 Å². The van der Waals surface area contributed by atoms with Gasteiger partial charge in [0.15, 0.2) is 0 Å². The molecule has 6 heteroatoms. The van der Waals surface area contributed by atoms with Crippen LogP contribution in [0.25, 0.3) is 0 Å². The Labute approximate surface area is 126 Å². The van der Waals surface area contributed by atoms with Crippen molar-refractivity contribution in [1.29, 1.82) is 0 Å². The number of allylic oxidation sites excluding steroid dienone is 2. The molecule has 1 saturated heterocycles. The lowest BCUT2D eigenvalue weighted by molar-refractivity contribution is -0.384. The highest BCUT2D eigenvalue weighted by Crippen LogP contribution is 2.51. The second-order valence-corrected chi connectivity index (χ2v) is 6.10. The van der Waals surface area contributed by atoms with Gasteiger partial charge in [0, 0.05) is 6.07 Å².